The van der Waals surface area contributed by atoms with Gasteiger partial charge < -0.3 is 24.3 Å². The zero-order chi connectivity index (χ0) is 20.3. The number of hydrogen-bond acceptors (Lipinski definition) is 6. The van der Waals surface area contributed by atoms with Gasteiger partial charge in [0.05, 0.1) is 25.5 Å². The highest BCUT2D eigenvalue weighted by atomic mass is 127. The van der Waals surface area contributed by atoms with Crippen LogP contribution in [0.2, 0.25) is 0 Å². The quantitative estimate of drug-likeness (QED) is 0.282. The first kappa shape index (κ1) is 22.7. The van der Waals surface area contributed by atoms with E-state index < -0.39 is 5.97 Å². The highest BCUT2D eigenvalue weighted by molar-refractivity contribution is 14.0. The second kappa shape index (κ2) is 9.76. The molecule has 2 aromatic rings. The van der Waals surface area contributed by atoms with E-state index in [0.717, 1.165) is 5.69 Å². The number of anilines is 1. The summed E-state index contributed by atoms with van der Waals surface area (Å²) >= 11 is 0. The van der Waals surface area contributed by atoms with Gasteiger partial charge in [-0.05, 0) is 13.0 Å². The third-order valence-corrected chi connectivity index (χ3v) is 4.53. The number of hydrogen-bond donors (Lipinski definition) is 1. The van der Waals surface area contributed by atoms with Crippen LogP contribution in [-0.4, -0.2) is 66.3 Å². The molecule has 3 heterocycles. The molecule has 0 saturated carbocycles. The Morgan fingerprint density at radius 3 is 2.76 bits per heavy atom. The molecule has 1 fully saturated rings. The number of aliphatic imine (C=N–C) groups is 1. The minimum Gasteiger partial charge on any atom is -0.465 e. The van der Waals surface area contributed by atoms with Crippen LogP contribution in [0, 0.1) is 6.92 Å². The van der Waals surface area contributed by atoms with E-state index >= 15 is 0 Å². The van der Waals surface area contributed by atoms with Crippen LogP contribution < -0.4 is 10.2 Å². The van der Waals surface area contributed by atoms with E-state index in [0.29, 0.717) is 42.7 Å². The minimum absolute atomic E-state index is 0. The summed E-state index contributed by atoms with van der Waals surface area (Å²) in [5, 5.41) is 7.29. The van der Waals surface area contributed by atoms with Gasteiger partial charge >= 0.3 is 5.97 Å². The van der Waals surface area contributed by atoms with Gasteiger partial charge in [-0.1, -0.05) is 0 Å². The van der Waals surface area contributed by atoms with Crippen LogP contribution in [0.25, 0.3) is 0 Å². The average molecular weight is 516 g/mol. The second-order valence-electron chi connectivity index (χ2n) is 6.41. The van der Waals surface area contributed by atoms with Crippen LogP contribution in [0.1, 0.15) is 21.9 Å². The Morgan fingerprint density at radius 2 is 2.17 bits per heavy atom. The molecule has 2 aromatic heterocycles. The first-order valence-corrected chi connectivity index (χ1v) is 8.85. The topological polar surface area (TPSA) is 105 Å². The first-order valence-electron chi connectivity index (χ1n) is 8.85. The Kier molecular flexibility index (Phi) is 7.65. The van der Waals surface area contributed by atoms with E-state index in [1.807, 2.05) is 18.1 Å². The van der Waals surface area contributed by atoms with E-state index in [-0.39, 0.29) is 36.4 Å². The average Bonchev–Trinajstić information content (AvgIpc) is 3.27. The smallest absolute Gasteiger partial charge is 0.341 e. The second-order valence-corrected chi connectivity index (χ2v) is 6.41. The van der Waals surface area contributed by atoms with Gasteiger partial charge in [0.15, 0.2) is 5.96 Å². The van der Waals surface area contributed by atoms with Crippen molar-refractivity contribution in [2.45, 2.75) is 13.5 Å². The highest BCUT2D eigenvalue weighted by Gasteiger charge is 2.27. The normalized spacial score (nSPS) is 14.6. The van der Waals surface area contributed by atoms with Crippen molar-refractivity contribution >= 4 is 47.5 Å². The van der Waals surface area contributed by atoms with E-state index in [4.69, 9.17) is 9.15 Å². The molecule has 0 atom stereocenters. The van der Waals surface area contributed by atoms with Crippen molar-refractivity contribution in [2.24, 2.45) is 12.0 Å². The molecule has 1 aliphatic heterocycles. The fourth-order valence-corrected chi connectivity index (χ4v) is 3.12. The van der Waals surface area contributed by atoms with E-state index in [9.17, 15) is 9.59 Å². The molecule has 0 unspecified atom stereocenters. The number of furan rings is 1. The van der Waals surface area contributed by atoms with Gasteiger partial charge in [0.25, 0.3) is 0 Å². The lowest BCUT2D eigenvalue weighted by Gasteiger charge is -2.35. The van der Waals surface area contributed by atoms with Crippen LogP contribution in [-0.2, 0) is 23.1 Å². The summed E-state index contributed by atoms with van der Waals surface area (Å²) in [4.78, 5) is 32.1. The summed E-state index contributed by atoms with van der Waals surface area (Å²) < 4.78 is 12.0. The van der Waals surface area contributed by atoms with Crippen molar-refractivity contribution < 1.29 is 18.7 Å². The van der Waals surface area contributed by atoms with Gasteiger partial charge in [-0.2, -0.15) is 5.10 Å². The number of amides is 1. The van der Waals surface area contributed by atoms with Crippen molar-refractivity contribution in [1.29, 1.82) is 0 Å². The van der Waals surface area contributed by atoms with E-state index in [1.165, 1.54) is 7.11 Å². The van der Waals surface area contributed by atoms with Crippen LogP contribution >= 0.6 is 24.0 Å². The fraction of sp³-hybridized carbons (Fsp3) is 0.444. The summed E-state index contributed by atoms with van der Waals surface area (Å²) in [6, 6.07) is 1.65. The van der Waals surface area contributed by atoms with Gasteiger partial charge in [0.2, 0.25) is 5.91 Å². The maximum atomic E-state index is 12.6. The van der Waals surface area contributed by atoms with Crippen LogP contribution in [0.3, 0.4) is 0 Å². The first-order chi connectivity index (χ1) is 13.4. The van der Waals surface area contributed by atoms with Crippen molar-refractivity contribution in [3.63, 3.8) is 0 Å². The molecule has 158 valence electrons. The van der Waals surface area contributed by atoms with Gasteiger partial charge in [0.1, 0.15) is 23.6 Å². The number of carbonyl (C=O) groups excluding carboxylic acids is 2. The Hall–Kier alpha value is -2.57. The van der Waals surface area contributed by atoms with Crippen LogP contribution in [0.15, 0.2) is 27.9 Å². The number of nitrogens with one attached hydrogen (secondary N) is 1. The Bertz CT molecular complexity index is 906. The standard InChI is InChI=1S/C18H24N6O4.HI/c1-12-15(17(26)27-4)7-14(28-12)9-20-18(19-2)23-5-6-24(16(25)11-23)13-8-21-22(3)10-13;/h7-8,10H,5-6,9,11H2,1-4H3,(H,19,20);1H. The molecule has 0 radical (unpaired) electrons. The summed E-state index contributed by atoms with van der Waals surface area (Å²) in [5.74, 6) is 1.21. The predicted octanol–water partition coefficient (Wildman–Crippen LogP) is 1.15. The molecule has 0 aliphatic carbocycles. The summed E-state index contributed by atoms with van der Waals surface area (Å²) in [6.45, 7) is 3.42. The van der Waals surface area contributed by atoms with E-state index in [1.54, 1.807) is 35.8 Å². The number of esters is 1. The highest BCUT2D eigenvalue weighted by Crippen LogP contribution is 2.17. The number of rotatable bonds is 4. The monoisotopic (exact) mass is 516 g/mol. The molecule has 0 aromatic carbocycles. The number of halogens is 1. The molecule has 1 N–H and O–H groups in total. The predicted molar refractivity (Wildman–Crippen MR) is 118 cm³/mol. The van der Waals surface area contributed by atoms with Crippen molar-refractivity contribution in [1.82, 2.24) is 20.0 Å². The number of methoxy groups -OCH3 is 1. The molecule has 1 amide bonds. The number of aryl methyl sites for hydroxylation is 2. The largest absolute Gasteiger partial charge is 0.465 e. The molecule has 11 heteroatoms. The zero-order valence-corrected chi connectivity index (χ0v) is 19.2. The third-order valence-electron chi connectivity index (χ3n) is 4.53. The number of piperazine rings is 1. The Morgan fingerprint density at radius 1 is 1.41 bits per heavy atom. The number of carbonyl (C=O) groups is 2. The number of ether oxygens (including phenoxy) is 1. The van der Waals surface area contributed by atoms with Gasteiger partial charge in [0, 0.05) is 33.4 Å². The summed E-state index contributed by atoms with van der Waals surface area (Å²) in [5.41, 5.74) is 1.19. The molecule has 1 saturated heterocycles. The zero-order valence-electron chi connectivity index (χ0n) is 16.8. The van der Waals surface area contributed by atoms with Gasteiger partial charge in [-0.25, -0.2) is 4.79 Å². The van der Waals surface area contributed by atoms with E-state index in [2.05, 4.69) is 15.4 Å². The molecular formula is C18H25IN6O4. The fourth-order valence-electron chi connectivity index (χ4n) is 3.12. The molecule has 3 rings (SSSR count). The minimum atomic E-state index is -0.436. The van der Waals surface area contributed by atoms with Gasteiger partial charge in [-0.15, -0.1) is 24.0 Å². The maximum Gasteiger partial charge on any atom is 0.341 e. The number of aromatic nitrogens is 2. The molecular weight excluding hydrogens is 491 g/mol. The van der Waals surface area contributed by atoms with Gasteiger partial charge in [-0.3, -0.25) is 14.5 Å². The Labute approximate surface area is 185 Å². The molecule has 10 nitrogen and oxygen atoms in total. The third kappa shape index (κ3) is 5.08. The van der Waals surface area contributed by atoms with Crippen LogP contribution in [0.5, 0.6) is 0 Å². The maximum absolute atomic E-state index is 12.6. The number of nitrogens with zero attached hydrogens (tertiary/aromatic N) is 5. The van der Waals surface area contributed by atoms with Crippen molar-refractivity contribution in [3.05, 3.63) is 35.5 Å². The van der Waals surface area contributed by atoms with Crippen molar-refractivity contribution in [2.75, 3.05) is 38.7 Å². The van der Waals surface area contributed by atoms with Crippen molar-refractivity contribution in [3.8, 4) is 0 Å². The SMILES string of the molecule is CN=C(NCc1cc(C(=O)OC)c(C)o1)N1CCN(c2cnn(C)c2)C(=O)C1.I. The molecule has 0 spiro atoms. The molecule has 29 heavy (non-hydrogen) atoms. The molecule has 0 bridgehead atoms. The summed E-state index contributed by atoms with van der Waals surface area (Å²) in [7, 11) is 4.81. The lowest BCUT2D eigenvalue weighted by molar-refractivity contribution is -0.120. The lowest BCUT2D eigenvalue weighted by Crippen LogP contribution is -2.55. The number of guanidine groups is 1. The Balaban J connectivity index is 0.00000300. The summed E-state index contributed by atoms with van der Waals surface area (Å²) in [6.07, 6.45) is 3.50. The molecule has 1 aliphatic rings. The van der Waals surface area contributed by atoms with Crippen LogP contribution in [0.4, 0.5) is 5.69 Å². The lowest BCUT2D eigenvalue weighted by atomic mass is 10.2.